The number of aromatic nitrogens is 4. The molecule has 188 valence electrons. The van der Waals surface area contributed by atoms with E-state index in [4.69, 9.17) is 14.7 Å². The fourth-order valence-electron chi connectivity index (χ4n) is 5.09. The first kappa shape index (κ1) is 23.4. The Bertz CT molecular complexity index is 1750. The Kier molecular flexibility index (Phi) is 5.79. The molecule has 1 fully saturated rings. The van der Waals surface area contributed by atoms with E-state index in [0.717, 1.165) is 25.0 Å². The van der Waals surface area contributed by atoms with Crippen molar-refractivity contribution in [2.75, 3.05) is 19.6 Å². The molecule has 5 heterocycles. The lowest BCUT2D eigenvalue weighted by atomic mass is 10.2. The standard InChI is InChI=1S/C26H24N6O4S/c27-11-4-12-30-13-9-18(16-30)32-24-21-10-14-31(37(34,35)20-5-2-1-3-6-20)25(21)28-15-22(24)29-26(32)23-8-7-19(17-33)36-23/h1-3,5-8,10,14-15,18,33H,4,9,12-13,16-17H2. The van der Waals surface area contributed by atoms with Crippen LogP contribution in [0.4, 0.5) is 0 Å². The maximum atomic E-state index is 13.4. The molecule has 1 atom stereocenters. The number of fused-ring (bicyclic) bond motifs is 3. The van der Waals surface area contributed by atoms with Gasteiger partial charge in [0.25, 0.3) is 10.0 Å². The summed E-state index contributed by atoms with van der Waals surface area (Å²) in [6, 6.07) is 15.8. The molecule has 1 aliphatic heterocycles. The Labute approximate surface area is 213 Å². The van der Waals surface area contributed by atoms with Crippen molar-refractivity contribution in [3.8, 4) is 17.7 Å². The fourth-order valence-corrected chi connectivity index (χ4v) is 6.42. The third kappa shape index (κ3) is 3.90. The van der Waals surface area contributed by atoms with Gasteiger partial charge in [0.05, 0.1) is 22.7 Å². The van der Waals surface area contributed by atoms with Gasteiger partial charge in [-0.25, -0.2) is 22.4 Å². The Morgan fingerprint density at radius 2 is 2.00 bits per heavy atom. The van der Waals surface area contributed by atoms with Crippen LogP contribution < -0.4 is 0 Å². The van der Waals surface area contributed by atoms with Gasteiger partial charge in [-0.05, 0) is 36.8 Å². The van der Waals surface area contributed by atoms with Gasteiger partial charge in [-0.1, -0.05) is 18.2 Å². The number of pyridine rings is 1. The summed E-state index contributed by atoms with van der Waals surface area (Å²) in [5.41, 5.74) is 1.71. The number of nitriles is 1. The van der Waals surface area contributed by atoms with Gasteiger partial charge >= 0.3 is 0 Å². The summed E-state index contributed by atoms with van der Waals surface area (Å²) >= 11 is 0. The van der Waals surface area contributed by atoms with E-state index in [2.05, 4.69) is 20.5 Å². The molecule has 1 aliphatic rings. The average molecular weight is 517 g/mol. The number of aliphatic hydroxyl groups is 1. The van der Waals surface area contributed by atoms with Crippen LogP contribution in [-0.4, -0.2) is 56.6 Å². The van der Waals surface area contributed by atoms with Gasteiger partial charge in [-0.2, -0.15) is 5.26 Å². The Hall–Kier alpha value is -3.98. The quantitative estimate of drug-likeness (QED) is 0.348. The molecule has 11 heteroatoms. The van der Waals surface area contributed by atoms with Gasteiger partial charge in [-0.3, -0.25) is 0 Å². The van der Waals surface area contributed by atoms with Crippen molar-refractivity contribution < 1.29 is 17.9 Å². The van der Waals surface area contributed by atoms with Crippen molar-refractivity contribution >= 4 is 32.1 Å². The molecule has 37 heavy (non-hydrogen) atoms. The molecule has 6 rings (SSSR count). The average Bonchev–Trinajstić information content (AvgIpc) is 3.71. The molecule has 0 aliphatic carbocycles. The number of rotatable bonds is 7. The van der Waals surface area contributed by atoms with E-state index >= 15 is 0 Å². The van der Waals surface area contributed by atoms with Crippen LogP contribution in [0.5, 0.6) is 0 Å². The minimum atomic E-state index is -3.85. The molecule has 1 unspecified atom stereocenters. The number of aliphatic hydroxyl groups excluding tert-OH is 1. The maximum Gasteiger partial charge on any atom is 0.269 e. The maximum absolute atomic E-state index is 13.4. The summed E-state index contributed by atoms with van der Waals surface area (Å²) in [7, 11) is -3.85. The lowest BCUT2D eigenvalue weighted by molar-refractivity contribution is 0.248. The van der Waals surface area contributed by atoms with Crippen molar-refractivity contribution in [1.82, 2.24) is 23.4 Å². The van der Waals surface area contributed by atoms with Gasteiger partial charge in [-0.15, -0.1) is 0 Å². The molecular weight excluding hydrogens is 492 g/mol. The van der Waals surface area contributed by atoms with Crippen molar-refractivity contribution in [2.24, 2.45) is 0 Å². The number of imidazole rings is 1. The highest BCUT2D eigenvalue weighted by molar-refractivity contribution is 7.90. The van der Waals surface area contributed by atoms with Crippen LogP contribution in [0.2, 0.25) is 0 Å². The molecule has 1 N–H and O–H groups in total. The number of benzene rings is 1. The zero-order valence-electron chi connectivity index (χ0n) is 19.9. The third-order valence-electron chi connectivity index (χ3n) is 6.82. The molecule has 0 bridgehead atoms. The van der Waals surface area contributed by atoms with Crippen LogP contribution in [0.15, 0.2) is 70.2 Å². The van der Waals surface area contributed by atoms with Crippen LogP contribution in [0, 0.1) is 11.3 Å². The van der Waals surface area contributed by atoms with Crippen molar-refractivity contribution in [2.45, 2.75) is 30.4 Å². The normalized spacial score (nSPS) is 16.6. The van der Waals surface area contributed by atoms with E-state index in [-0.39, 0.29) is 17.5 Å². The van der Waals surface area contributed by atoms with Crippen LogP contribution in [0.3, 0.4) is 0 Å². The molecule has 1 aromatic carbocycles. The SMILES string of the molecule is N#CCCN1CCC(n2c(-c3ccc(CO)o3)nc3cnc4c(ccn4S(=O)(=O)c4ccccc4)c32)C1. The second-order valence-electron chi connectivity index (χ2n) is 9.04. The van der Waals surface area contributed by atoms with Gasteiger partial charge in [0, 0.05) is 43.7 Å². The lowest BCUT2D eigenvalue weighted by Crippen LogP contribution is -2.22. The number of furan rings is 1. The molecule has 0 saturated carbocycles. The number of nitrogens with zero attached hydrogens (tertiary/aromatic N) is 6. The van der Waals surface area contributed by atoms with Crippen molar-refractivity contribution in [1.29, 1.82) is 5.26 Å². The van der Waals surface area contributed by atoms with Crippen LogP contribution in [0.25, 0.3) is 33.7 Å². The summed E-state index contributed by atoms with van der Waals surface area (Å²) in [5, 5.41) is 19.2. The molecular formula is C26H24N6O4S. The molecule has 10 nitrogen and oxygen atoms in total. The molecule has 0 spiro atoms. The monoisotopic (exact) mass is 516 g/mol. The van der Waals surface area contributed by atoms with Crippen LogP contribution in [-0.2, 0) is 16.6 Å². The first-order valence-electron chi connectivity index (χ1n) is 12.0. The van der Waals surface area contributed by atoms with E-state index in [1.165, 1.54) is 10.2 Å². The predicted octanol–water partition coefficient (Wildman–Crippen LogP) is 3.54. The minimum absolute atomic E-state index is 0.0287. The van der Waals surface area contributed by atoms with Gasteiger partial charge in [0.2, 0.25) is 0 Å². The zero-order valence-corrected chi connectivity index (χ0v) is 20.7. The molecule has 4 aromatic heterocycles. The van der Waals surface area contributed by atoms with Gasteiger partial charge < -0.3 is 19.0 Å². The second kappa shape index (κ2) is 9.15. The highest BCUT2D eigenvalue weighted by Gasteiger charge is 2.30. The van der Waals surface area contributed by atoms with Gasteiger partial charge in [0.1, 0.15) is 17.9 Å². The first-order valence-corrected chi connectivity index (χ1v) is 13.4. The summed E-state index contributed by atoms with van der Waals surface area (Å²) in [6.45, 7) is 2.02. The molecule has 1 saturated heterocycles. The Balaban J connectivity index is 1.55. The van der Waals surface area contributed by atoms with Crippen LogP contribution in [0.1, 0.15) is 24.6 Å². The van der Waals surface area contributed by atoms with Crippen molar-refractivity contribution in [3.05, 3.63) is 66.7 Å². The predicted molar refractivity (Wildman–Crippen MR) is 136 cm³/mol. The third-order valence-corrected chi connectivity index (χ3v) is 8.50. The Morgan fingerprint density at radius 3 is 2.76 bits per heavy atom. The second-order valence-corrected chi connectivity index (χ2v) is 10.9. The number of likely N-dealkylation sites (tertiary alicyclic amines) is 1. The fraction of sp³-hybridized carbons (Fsp3) is 0.269. The summed E-state index contributed by atoms with van der Waals surface area (Å²) < 4.78 is 36.0. The zero-order chi connectivity index (χ0) is 25.6. The molecule has 0 amide bonds. The summed E-state index contributed by atoms with van der Waals surface area (Å²) in [5.74, 6) is 1.54. The topological polar surface area (TPSA) is 130 Å². The van der Waals surface area contributed by atoms with E-state index in [0.29, 0.717) is 46.9 Å². The van der Waals surface area contributed by atoms with Gasteiger partial charge in [0.15, 0.2) is 17.2 Å². The van der Waals surface area contributed by atoms with Crippen LogP contribution >= 0.6 is 0 Å². The minimum Gasteiger partial charge on any atom is -0.455 e. The first-order chi connectivity index (χ1) is 18.0. The molecule has 0 radical (unpaired) electrons. The van der Waals surface area contributed by atoms with E-state index in [1.807, 2.05) is 0 Å². The van der Waals surface area contributed by atoms with Crippen molar-refractivity contribution in [3.63, 3.8) is 0 Å². The number of hydrogen-bond donors (Lipinski definition) is 1. The van der Waals surface area contributed by atoms with E-state index in [1.54, 1.807) is 54.7 Å². The largest absolute Gasteiger partial charge is 0.455 e. The lowest BCUT2D eigenvalue weighted by Gasteiger charge is -2.18. The Morgan fingerprint density at radius 1 is 1.16 bits per heavy atom. The molecule has 5 aromatic rings. The van der Waals surface area contributed by atoms with E-state index < -0.39 is 10.0 Å². The highest BCUT2D eigenvalue weighted by atomic mass is 32.2. The van der Waals surface area contributed by atoms with E-state index in [9.17, 15) is 13.5 Å². The highest BCUT2D eigenvalue weighted by Crippen LogP contribution is 2.37. The summed E-state index contributed by atoms with van der Waals surface area (Å²) in [4.78, 5) is 11.8. The number of hydrogen-bond acceptors (Lipinski definition) is 8. The smallest absolute Gasteiger partial charge is 0.269 e. The summed E-state index contributed by atoms with van der Waals surface area (Å²) in [6.07, 6.45) is 4.41.